The standard InChI is InChI=1S/C11H12FN5/c12-8-5-16-11(17-9(8)13)7-4-15-10-6(7)2-1-3-14-10/h1-4,10,14-15H,5,13H2,(H,16,17). The summed E-state index contributed by atoms with van der Waals surface area (Å²) in [7, 11) is 0. The number of amidine groups is 1. The zero-order valence-corrected chi connectivity index (χ0v) is 9.00. The van der Waals surface area contributed by atoms with E-state index in [2.05, 4.69) is 20.9 Å². The molecule has 3 aliphatic heterocycles. The van der Waals surface area contributed by atoms with E-state index in [9.17, 15) is 4.39 Å². The number of hydrogen-bond acceptors (Lipinski definition) is 5. The Kier molecular flexibility index (Phi) is 2.14. The molecule has 17 heavy (non-hydrogen) atoms. The van der Waals surface area contributed by atoms with E-state index in [1.165, 1.54) is 0 Å². The van der Waals surface area contributed by atoms with Crippen LogP contribution in [-0.4, -0.2) is 18.5 Å². The molecule has 0 fully saturated rings. The summed E-state index contributed by atoms with van der Waals surface area (Å²) in [5.41, 5.74) is 7.45. The molecule has 3 rings (SSSR count). The summed E-state index contributed by atoms with van der Waals surface area (Å²) in [6.07, 6.45) is 7.66. The summed E-state index contributed by atoms with van der Waals surface area (Å²) >= 11 is 0. The summed E-state index contributed by atoms with van der Waals surface area (Å²) < 4.78 is 13.1. The van der Waals surface area contributed by atoms with Crippen LogP contribution >= 0.6 is 0 Å². The SMILES string of the molecule is NC1=C(F)CNC(C2=CNC3NC=CC=C23)=N1. The molecule has 88 valence electrons. The van der Waals surface area contributed by atoms with Crippen molar-refractivity contribution in [1.82, 2.24) is 16.0 Å². The molecule has 0 aromatic rings. The van der Waals surface area contributed by atoms with E-state index in [4.69, 9.17) is 5.73 Å². The van der Waals surface area contributed by atoms with E-state index in [0.717, 1.165) is 11.1 Å². The molecule has 0 spiro atoms. The van der Waals surface area contributed by atoms with E-state index in [1.54, 1.807) is 0 Å². The lowest BCUT2D eigenvalue weighted by atomic mass is 10.0. The van der Waals surface area contributed by atoms with Crippen molar-refractivity contribution in [2.75, 3.05) is 6.54 Å². The van der Waals surface area contributed by atoms with E-state index >= 15 is 0 Å². The van der Waals surface area contributed by atoms with Crippen LogP contribution in [0, 0.1) is 0 Å². The minimum Gasteiger partial charge on any atom is -0.381 e. The second kappa shape index (κ2) is 3.65. The highest BCUT2D eigenvalue weighted by Gasteiger charge is 2.27. The highest BCUT2D eigenvalue weighted by Crippen LogP contribution is 2.23. The topological polar surface area (TPSA) is 74.5 Å². The van der Waals surface area contributed by atoms with Crippen molar-refractivity contribution in [2.24, 2.45) is 10.7 Å². The van der Waals surface area contributed by atoms with Gasteiger partial charge in [0, 0.05) is 17.3 Å². The van der Waals surface area contributed by atoms with Crippen LogP contribution in [0.5, 0.6) is 0 Å². The summed E-state index contributed by atoms with van der Waals surface area (Å²) in [6.45, 7) is 0.0865. The van der Waals surface area contributed by atoms with Crippen molar-refractivity contribution in [3.05, 3.63) is 47.3 Å². The predicted molar refractivity (Wildman–Crippen MR) is 63.1 cm³/mol. The number of halogens is 1. The highest BCUT2D eigenvalue weighted by atomic mass is 19.1. The van der Waals surface area contributed by atoms with Crippen molar-refractivity contribution in [3.8, 4) is 0 Å². The normalized spacial score (nSPS) is 26.2. The molecule has 6 heteroatoms. The maximum atomic E-state index is 13.1. The number of aliphatic imine (C=N–C) groups is 1. The Morgan fingerprint density at radius 1 is 1.41 bits per heavy atom. The third kappa shape index (κ3) is 1.57. The third-order valence-electron chi connectivity index (χ3n) is 2.83. The molecule has 5 nitrogen and oxygen atoms in total. The second-order valence-corrected chi connectivity index (χ2v) is 3.91. The first-order valence-electron chi connectivity index (χ1n) is 5.32. The molecule has 3 aliphatic rings. The molecule has 3 heterocycles. The molecule has 0 aromatic heterocycles. The molecule has 1 unspecified atom stereocenters. The first-order chi connectivity index (χ1) is 8.25. The first-order valence-corrected chi connectivity index (χ1v) is 5.32. The quantitative estimate of drug-likeness (QED) is 0.512. The zero-order valence-electron chi connectivity index (χ0n) is 9.00. The average Bonchev–Trinajstić information content (AvgIpc) is 2.76. The fourth-order valence-electron chi connectivity index (χ4n) is 1.96. The van der Waals surface area contributed by atoms with Gasteiger partial charge in [0.1, 0.15) is 12.0 Å². The summed E-state index contributed by atoms with van der Waals surface area (Å²) in [5, 5.41) is 9.24. The number of allylic oxidation sites excluding steroid dienone is 2. The van der Waals surface area contributed by atoms with Crippen LogP contribution in [0.2, 0.25) is 0 Å². The molecule has 0 aromatic carbocycles. The summed E-state index contributed by atoms with van der Waals surface area (Å²) in [5.74, 6) is 0.123. The predicted octanol–water partition coefficient (Wildman–Crippen LogP) is -0.0581. The Labute approximate surface area is 97.7 Å². The minimum absolute atomic E-state index is 0.0523. The zero-order chi connectivity index (χ0) is 11.8. The lowest BCUT2D eigenvalue weighted by Crippen LogP contribution is -2.37. The van der Waals surface area contributed by atoms with Gasteiger partial charge in [-0.2, -0.15) is 0 Å². The van der Waals surface area contributed by atoms with Gasteiger partial charge in [-0.1, -0.05) is 6.08 Å². The maximum Gasteiger partial charge on any atom is 0.161 e. The number of nitrogens with two attached hydrogens (primary N) is 1. The molecule has 0 saturated heterocycles. The van der Waals surface area contributed by atoms with Crippen molar-refractivity contribution in [1.29, 1.82) is 0 Å². The van der Waals surface area contributed by atoms with Crippen LogP contribution in [0.1, 0.15) is 0 Å². The summed E-state index contributed by atoms with van der Waals surface area (Å²) in [6, 6.07) is 0. The van der Waals surface area contributed by atoms with Crippen molar-refractivity contribution in [3.63, 3.8) is 0 Å². The van der Waals surface area contributed by atoms with Gasteiger partial charge in [0.15, 0.2) is 11.6 Å². The Balaban J connectivity index is 1.94. The molecule has 1 atom stereocenters. The number of dihydropyridines is 1. The van der Waals surface area contributed by atoms with E-state index in [0.29, 0.717) is 5.84 Å². The number of nitrogens with one attached hydrogen (secondary N) is 3. The van der Waals surface area contributed by atoms with Gasteiger partial charge in [-0.05, 0) is 12.3 Å². The molecule has 0 saturated carbocycles. The molecular weight excluding hydrogens is 221 g/mol. The van der Waals surface area contributed by atoms with Gasteiger partial charge < -0.3 is 21.7 Å². The van der Waals surface area contributed by atoms with E-state index in [1.807, 2.05) is 24.6 Å². The molecular formula is C11H12FN5. The number of hydrogen-bond donors (Lipinski definition) is 4. The van der Waals surface area contributed by atoms with Crippen LogP contribution < -0.4 is 21.7 Å². The fraction of sp³-hybridized carbons (Fsp3) is 0.182. The maximum absolute atomic E-state index is 13.1. The Bertz CT molecular complexity index is 512. The van der Waals surface area contributed by atoms with Crippen LogP contribution in [0.4, 0.5) is 4.39 Å². The molecule has 0 bridgehead atoms. The largest absolute Gasteiger partial charge is 0.381 e. The second-order valence-electron chi connectivity index (χ2n) is 3.91. The van der Waals surface area contributed by atoms with Crippen LogP contribution in [0.15, 0.2) is 52.3 Å². The van der Waals surface area contributed by atoms with Crippen LogP contribution in [0.25, 0.3) is 0 Å². The molecule has 0 aliphatic carbocycles. The van der Waals surface area contributed by atoms with Crippen molar-refractivity contribution < 1.29 is 4.39 Å². The number of nitrogens with zero attached hydrogens (tertiary/aromatic N) is 1. The van der Waals surface area contributed by atoms with E-state index < -0.39 is 5.83 Å². The lowest BCUT2D eigenvalue weighted by Gasteiger charge is -2.20. The molecule has 0 radical (unpaired) electrons. The first kappa shape index (κ1) is 9.95. The van der Waals surface area contributed by atoms with Gasteiger partial charge in [-0.15, -0.1) is 0 Å². The van der Waals surface area contributed by atoms with Gasteiger partial charge in [-0.3, -0.25) is 0 Å². The van der Waals surface area contributed by atoms with Gasteiger partial charge >= 0.3 is 0 Å². The Morgan fingerprint density at radius 2 is 2.29 bits per heavy atom. The molecule has 5 N–H and O–H groups in total. The van der Waals surface area contributed by atoms with Crippen LogP contribution in [-0.2, 0) is 0 Å². The van der Waals surface area contributed by atoms with Crippen molar-refractivity contribution >= 4 is 5.84 Å². The third-order valence-corrected chi connectivity index (χ3v) is 2.83. The van der Waals surface area contributed by atoms with Gasteiger partial charge in [-0.25, -0.2) is 9.38 Å². The van der Waals surface area contributed by atoms with Crippen molar-refractivity contribution in [2.45, 2.75) is 6.17 Å². The van der Waals surface area contributed by atoms with Gasteiger partial charge in [0.25, 0.3) is 0 Å². The number of rotatable bonds is 1. The van der Waals surface area contributed by atoms with Gasteiger partial charge in [0.2, 0.25) is 0 Å². The van der Waals surface area contributed by atoms with Gasteiger partial charge in [0.05, 0.1) is 6.54 Å². The lowest BCUT2D eigenvalue weighted by molar-refractivity contribution is 0.581. The highest BCUT2D eigenvalue weighted by molar-refractivity contribution is 6.04. The van der Waals surface area contributed by atoms with E-state index in [-0.39, 0.29) is 18.5 Å². The Hall–Kier alpha value is -2.24. The summed E-state index contributed by atoms with van der Waals surface area (Å²) in [4.78, 5) is 4.02. The number of fused-ring (bicyclic) bond motifs is 1. The Morgan fingerprint density at radius 3 is 3.12 bits per heavy atom. The molecule has 0 amide bonds. The minimum atomic E-state index is -0.424. The monoisotopic (exact) mass is 233 g/mol. The smallest absolute Gasteiger partial charge is 0.161 e. The average molecular weight is 233 g/mol. The fourth-order valence-corrected chi connectivity index (χ4v) is 1.96. The van der Waals surface area contributed by atoms with Crippen LogP contribution in [0.3, 0.4) is 0 Å².